The van der Waals surface area contributed by atoms with Gasteiger partial charge in [-0.15, -0.1) is 0 Å². The van der Waals surface area contributed by atoms with Crippen molar-refractivity contribution in [3.8, 4) is 33.4 Å². The van der Waals surface area contributed by atoms with E-state index in [9.17, 15) is 9.59 Å². The lowest BCUT2D eigenvalue weighted by Crippen LogP contribution is -2.06. The Morgan fingerprint density at radius 3 is 1.48 bits per heavy atom. The predicted molar refractivity (Wildman–Crippen MR) is 181 cm³/mol. The second-order valence-electron chi connectivity index (χ2n) is 11.0. The molecule has 4 nitrogen and oxygen atoms in total. The Labute approximate surface area is 261 Å². The van der Waals surface area contributed by atoms with E-state index in [0.29, 0.717) is 24.4 Å². The van der Waals surface area contributed by atoms with E-state index in [-0.39, 0.29) is 11.9 Å². The highest BCUT2D eigenvalue weighted by Crippen LogP contribution is 2.36. The summed E-state index contributed by atoms with van der Waals surface area (Å²) in [4.78, 5) is 23.3. The summed E-state index contributed by atoms with van der Waals surface area (Å²) in [6, 6.07) is 32.3. The van der Waals surface area contributed by atoms with E-state index in [1.807, 2.05) is 6.08 Å². The fraction of sp³-hybridized carbons (Fsp3) is 0.200. The van der Waals surface area contributed by atoms with Crippen molar-refractivity contribution < 1.29 is 19.1 Å². The molecule has 0 aromatic heterocycles. The maximum absolute atomic E-state index is 11.6. The van der Waals surface area contributed by atoms with Crippen molar-refractivity contribution in [2.75, 3.05) is 13.2 Å². The molecule has 0 aliphatic carbocycles. The number of esters is 2. The van der Waals surface area contributed by atoms with E-state index in [1.54, 1.807) is 13.8 Å². The molecule has 0 N–H and O–H groups in total. The molecule has 4 rings (SSSR count). The third kappa shape index (κ3) is 8.78. The van der Waals surface area contributed by atoms with Crippen molar-refractivity contribution in [3.63, 3.8) is 0 Å². The summed E-state index contributed by atoms with van der Waals surface area (Å²) < 4.78 is 10.5. The van der Waals surface area contributed by atoms with Gasteiger partial charge in [0.2, 0.25) is 0 Å². The SMILES string of the molecule is C=Cc1ccc(-c2ccc(-c3ccc(CCCOC(=O)C(=C)C)cc3)c(-c3ccc(CCCOC(=O)C(=C)C)cc3)c2)cc1. The van der Waals surface area contributed by atoms with E-state index >= 15 is 0 Å². The highest BCUT2D eigenvalue weighted by Gasteiger charge is 2.11. The molecule has 4 aromatic carbocycles. The van der Waals surface area contributed by atoms with Crippen LogP contribution in [0.2, 0.25) is 0 Å². The number of carbonyl (C=O) groups excluding carboxylic acids is 2. The first-order valence-corrected chi connectivity index (χ1v) is 15.0. The third-order valence-electron chi connectivity index (χ3n) is 7.41. The first-order valence-electron chi connectivity index (χ1n) is 15.0. The average molecular weight is 585 g/mol. The van der Waals surface area contributed by atoms with Crippen molar-refractivity contribution >= 4 is 18.0 Å². The highest BCUT2D eigenvalue weighted by atomic mass is 16.5. The summed E-state index contributed by atoms with van der Waals surface area (Å²) >= 11 is 0. The lowest BCUT2D eigenvalue weighted by molar-refractivity contribution is -0.139. The molecule has 4 aromatic rings. The van der Waals surface area contributed by atoms with Gasteiger partial charge in [0.05, 0.1) is 13.2 Å². The number of ether oxygens (including phenoxy) is 2. The normalized spacial score (nSPS) is 10.6. The van der Waals surface area contributed by atoms with Crippen LogP contribution >= 0.6 is 0 Å². The first kappa shape index (κ1) is 32.0. The summed E-state index contributed by atoms with van der Waals surface area (Å²) in [6.07, 6.45) is 5.00. The molecule has 0 aliphatic rings. The smallest absolute Gasteiger partial charge is 0.333 e. The molecule has 224 valence electrons. The zero-order chi connectivity index (χ0) is 31.5. The zero-order valence-electron chi connectivity index (χ0n) is 25.7. The average Bonchev–Trinajstić information content (AvgIpc) is 3.05. The zero-order valence-corrected chi connectivity index (χ0v) is 25.7. The molecule has 0 bridgehead atoms. The van der Waals surface area contributed by atoms with Crippen LogP contribution in [0.4, 0.5) is 0 Å². The molecular formula is C40H40O4. The van der Waals surface area contributed by atoms with Gasteiger partial charge in [-0.3, -0.25) is 0 Å². The fourth-order valence-corrected chi connectivity index (χ4v) is 4.86. The summed E-state index contributed by atoms with van der Waals surface area (Å²) in [5, 5.41) is 0. The Kier molecular flexibility index (Phi) is 11.3. The molecule has 0 heterocycles. The number of carbonyl (C=O) groups is 2. The van der Waals surface area contributed by atoms with Crippen LogP contribution in [0.15, 0.2) is 122 Å². The molecule has 4 heteroatoms. The van der Waals surface area contributed by atoms with Gasteiger partial charge in [0.1, 0.15) is 0 Å². The summed E-state index contributed by atoms with van der Waals surface area (Å²) in [7, 11) is 0. The molecule has 0 amide bonds. The molecular weight excluding hydrogens is 544 g/mol. The Hall–Kier alpha value is -4.96. The van der Waals surface area contributed by atoms with Crippen LogP contribution in [0.1, 0.15) is 43.4 Å². The van der Waals surface area contributed by atoms with Crippen molar-refractivity contribution in [3.05, 3.63) is 139 Å². The van der Waals surface area contributed by atoms with Crippen molar-refractivity contribution in [1.29, 1.82) is 0 Å². The molecule has 0 saturated carbocycles. The van der Waals surface area contributed by atoms with Crippen molar-refractivity contribution in [1.82, 2.24) is 0 Å². The minimum atomic E-state index is -0.344. The Bertz CT molecular complexity index is 1620. The molecule has 0 unspecified atom stereocenters. The van der Waals surface area contributed by atoms with E-state index in [0.717, 1.165) is 64.6 Å². The molecule has 0 spiro atoms. The molecule has 0 aliphatic heterocycles. The second-order valence-corrected chi connectivity index (χ2v) is 11.0. The number of hydrogen-bond acceptors (Lipinski definition) is 4. The van der Waals surface area contributed by atoms with E-state index in [1.165, 1.54) is 11.1 Å². The standard InChI is InChI=1S/C40H40O4/c1-6-30-11-17-33(18-12-30)36-23-24-37(34-19-13-31(14-20-34)9-7-25-43-39(41)28(2)3)38(27-36)35-21-15-32(16-22-35)10-8-26-44-40(42)29(4)5/h6,11-24,27H,1-2,4,7-10,25-26H2,3,5H3. The maximum atomic E-state index is 11.6. The van der Waals surface area contributed by atoms with Crippen LogP contribution in [0.25, 0.3) is 39.5 Å². The van der Waals surface area contributed by atoms with E-state index < -0.39 is 0 Å². The second kappa shape index (κ2) is 15.5. The Morgan fingerprint density at radius 2 is 1.02 bits per heavy atom. The summed E-state index contributed by atoms with van der Waals surface area (Å²) in [6.45, 7) is 15.2. The van der Waals surface area contributed by atoms with Crippen LogP contribution in [-0.4, -0.2) is 25.2 Å². The molecule has 0 saturated heterocycles. The molecule has 0 fully saturated rings. The topological polar surface area (TPSA) is 52.6 Å². The largest absolute Gasteiger partial charge is 0.462 e. The van der Waals surface area contributed by atoms with Gasteiger partial charge in [0.15, 0.2) is 0 Å². The molecule has 0 atom stereocenters. The summed E-state index contributed by atoms with van der Waals surface area (Å²) in [5.74, 6) is -0.686. The minimum Gasteiger partial charge on any atom is -0.462 e. The van der Waals surface area contributed by atoms with Gasteiger partial charge in [-0.25, -0.2) is 9.59 Å². The monoisotopic (exact) mass is 584 g/mol. The van der Waals surface area contributed by atoms with E-state index in [2.05, 4.69) is 111 Å². The van der Waals surface area contributed by atoms with E-state index in [4.69, 9.17) is 9.47 Å². The maximum Gasteiger partial charge on any atom is 0.333 e. The molecule has 0 radical (unpaired) electrons. The quantitative estimate of drug-likeness (QED) is 0.0842. The Balaban J connectivity index is 1.55. The third-order valence-corrected chi connectivity index (χ3v) is 7.41. The van der Waals surface area contributed by atoms with Crippen LogP contribution in [0, 0.1) is 0 Å². The number of rotatable bonds is 14. The van der Waals surface area contributed by atoms with Crippen molar-refractivity contribution in [2.45, 2.75) is 39.5 Å². The number of aryl methyl sites for hydroxylation is 2. The van der Waals surface area contributed by atoms with Crippen LogP contribution in [0.5, 0.6) is 0 Å². The van der Waals surface area contributed by atoms with Crippen molar-refractivity contribution in [2.24, 2.45) is 0 Å². The lowest BCUT2D eigenvalue weighted by Gasteiger charge is -2.15. The van der Waals surface area contributed by atoms with Gasteiger partial charge >= 0.3 is 11.9 Å². The van der Waals surface area contributed by atoms with Gasteiger partial charge in [-0.1, -0.05) is 111 Å². The summed E-state index contributed by atoms with van der Waals surface area (Å²) in [5.41, 5.74) is 11.2. The molecule has 44 heavy (non-hydrogen) atoms. The minimum absolute atomic E-state index is 0.342. The van der Waals surface area contributed by atoms with Gasteiger partial charge < -0.3 is 9.47 Å². The first-order chi connectivity index (χ1) is 21.2. The van der Waals surface area contributed by atoms with Gasteiger partial charge in [0, 0.05) is 11.1 Å². The van der Waals surface area contributed by atoms with Crippen LogP contribution < -0.4 is 0 Å². The lowest BCUT2D eigenvalue weighted by atomic mass is 9.90. The van der Waals surface area contributed by atoms with Crippen LogP contribution in [-0.2, 0) is 31.9 Å². The predicted octanol–water partition coefficient (Wildman–Crippen LogP) is 9.43. The van der Waals surface area contributed by atoms with Gasteiger partial charge in [-0.2, -0.15) is 0 Å². The Morgan fingerprint density at radius 1 is 0.591 bits per heavy atom. The highest BCUT2D eigenvalue weighted by molar-refractivity contribution is 5.88. The number of benzene rings is 4. The fourth-order valence-electron chi connectivity index (χ4n) is 4.86. The van der Waals surface area contributed by atoms with Crippen LogP contribution in [0.3, 0.4) is 0 Å². The number of hydrogen-bond donors (Lipinski definition) is 0. The van der Waals surface area contributed by atoms with Gasteiger partial charge in [-0.05, 0) is 95.7 Å². The van der Waals surface area contributed by atoms with Gasteiger partial charge in [0.25, 0.3) is 0 Å².